The molecule has 0 bridgehead atoms. The van der Waals surface area contributed by atoms with Crippen LogP contribution in [0, 0.1) is 12.8 Å². The van der Waals surface area contributed by atoms with Crippen LogP contribution in [0.4, 0.5) is 0 Å². The van der Waals surface area contributed by atoms with E-state index in [2.05, 4.69) is 23.4 Å². The number of hydrogen-bond acceptors (Lipinski definition) is 2. The van der Waals surface area contributed by atoms with Gasteiger partial charge in [-0.25, -0.2) is 4.98 Å². The van der Waals surface area contributed by atoms with Crippen molar-refractivity contribution in [2.45, 2.75) is 45.7 Å². The summed E-state index contributed by atoms with van der Waals surface area (Å²) in [5.41, 5.74) is 7.22. The standard InChI is InChI=1S/C11H19N3/c1-8(12)5-10-3-4-11-6-13-9(2)14(11)7-10/h6,8,10H,3-5,7,12H2,1-2H3. The van der Waals surface area contributed by atoms with E-state index >= 15 is 0 Å². The second kappa shape index (κ2) is 3.73. The summed E-state index contributed by atoms with van der Waals surface area (Å²) in [7, 11) is 0. The van der Waals surface area contributed by atoms with E-state index in [1.54, 1.807) is 0 Å². The average Bonchev–Trinajstić information content (AvgIpc) is 2.47. The summed E-state index contributed by atoms with van der Waals surface area (Å²) in [6.45, 7) is 5.29. The van der Waals surface area contributed by atoms with E-state index in [4.69, 9.17) is 5.73 Å². The molecule has 0 aromatic carbocycles. The number of hydrogen-bond donors (Lipinski definition) is 1. The molecule has 0 radical (unpaired) electrons. The predicted molar refractivity (Wildman–Crippen MR) is 57.0 cm³/mol. The largest absolute Gasteiger partial charge is 0.332 e. The summed E-state index contributed by atoms with van der Waals surface area (Å²) >= 11 is 0. The Morgan fingerprint density at radius 3 is 3.21 bits per heavy atom. The molecule has 2 N–H and O–H groups in total. The Morgan fingerprint density at radius 1 is 1.71 bits per heavy atom. The molecule has 2 unspecified atom stereocenters. The lowest BCUT2D eigenvalue weighted by atomic mass is 9.92. The van der Waals surface area contributed by atoms with Crippen LogP contribution in [-0.2, 0) is 13.0 Å². The Kier molecular flexibility index (Phi) is 2.59. The van der Waals surface area contributed by atoms with E-state index in [1.165, 1.54) is 12.1 Å². The highest BCUT2D eigenvalue weighted by molar-refractivity contribution is 5.07. The molecule has 0 saturated heterocycles. The van der Waals surface area contributed by atoms with E-state index in [0.717, 1.165) is 31.1 Å². The lowest BCUT2D eigenvalue weighted by molar-refractivity contribution is 0.328. The molecular formula is C11H19N3. The van der Waals surface area contributed by atoms with Gasteiger partial charge in [0.15, 0.2) is 0 Å². The van der Waals surface area contributed by atoms with Gasteiger partial charge in [-0.05, 0) is 39.0 Å². The fourth-order valence-corrected chi connectivity index (χ4v) is 2.38. The normalized spacial score (nSPS) is 23.2. The third kappa shape index (κ3) is 1.82. The fraction of sp³-hybridized carbons (Fsp3) is 0.727. The molecule has 2 heterocycles. The zero-order chi connectivity index (χ0) is 10.1. The Labute approximate surface area is 85.3 Å². The first-order valence-corrected chi connectivity index (χ1v) is 5.43. The van der Waals surface area contributed by atoms with Crippen molar-refractivity contribution in [1.29, 1.82) is 0 Å². The van der Waals surface area contributed by atoms with Gasteiger partial charge in [0.25, 0.3) is 0 Å². The van der Waals surface area contributed by atoms with Crippen molar-refractivity contribution in [2.75, 3.05) is 0 Å². The second-order valence-corrected chi connectivity index (χ2v) is 4.53. The quantitative estimate of drug-likeness (QED) is 0.773. The number of fused-ring (bicyclic) bond motifs is 1. The van der Waals surface area contributed by atoms with Crippen molar-refractivity contribution in [1.82, 2.24) is 9.55 Å². The van der Waals surface area contributed by atoms with E-state index in [1.807, 2.05) is 6.20 Å². The van der Waals surface area contributed by atoms with Crippen LogP contribution in [0.1, 0.15) is 31.3 Å². The molecule has 0 spiro atoms. The van der Waals surface area contributed by atoms with Gasteiger partial charge < -0.3 is 10.3 Å². The molecule has 0 aliphatic carbocycles. The Hall–Kier alpha value is -0.830. The molecule has 1 aromatic heterocycles. The van der Waals surface area contributed by atoms with Crippen molar-refractivity contribution < 1.29 is 0 Å². The van der Waals surface area contributed by atoms with Crippen LogP contribution in [0.5, 0.6) is 0 Å². The zero-order valence-electron chi connectivity index (χ0n) is 9.03. The van der Waals surface area contributed by atoms with E-state index in [-0.39, 0.29) is 0 Å². The number of aryl methyl sites for hydroxylation is 2. The summed E-state index contributed by atoms with van der Waals surface area (Å²) in [6, 6.07) is 0.324. The highest BCUT2D eigenvalue weighted by atomic mass is 15.1. The number of imidazole rings is 1. The maximum atomic E-state index is 5.83. The molecule has 0 saturated carbocycles. The summed E-state index contributed by atoms with van der Waals surface area (Å²) < 4.78 is 2.34. The molecule has 3 heteroatoms. The molecule has 0 fully saturated rings. The number of rotatable bonds is 2. The van der Waals surface area contributed by atoms with Gasteiger partial charge in [-0.2, -0.15) is 0 Å². The van der Waals surface area contributed by atoms with Crippen LogP contribution in [-0.4, -0.2) is 15.6 Å². The lowest BCUT2D eigenvalue weighted by Gasteiger charge is -2.26. The summed E-state index contributed by atoms with van der Waals surface area (Å²) in [5, 5.41) is 0. The number of nitrogens with two attached hydrogens (primary N) is 1. The maximum Gasteiger partial charge on any atom is 0.105 e. The predicted octanol–water partition coefficient (Wildman–Crippen LogP) is 1.49. The first-order valence-electron chi connectivity index (χ1n) is 5.43. The lowest BCUT2D eigenvalue weighted by Crippen LogP contribution is -2.27. The van der Waals surface area contributed by atoms with Gasteiger partial charge in [0, 0.05) is 24.5 Å². The average molecular weight is 193 g/mol. The molecule has 1 aromatic rings. The van der Waals surface area contributed by atoms with E-state index < -0.39 is 0 Å². The van der Waals surface area contributed by atoms with E-state index in [9.17, 15) is 0 Å². The molecule has 1 aliphatic rings. The Morgan fingerprint density at radius 2 is 2.50 bits per heavy atom. The number of nitrogens with zero attached hydrogens (tertiary/aromatic N) is 2. The number of aromatic nitrogens is 2. The molecule has 2 atom stereocenters. The zero-order valence-corrected chi connectivity index (χ0v) is 9.03. The maximum absolute atomic E-state index is 5.83. The summed E-state index contributed by atoms with van der Waals surface area (Å²) in [6.07, 6.45) is 5.58. The van der Waals surface area contributed by atoms with Crippen molar-refractivity contribution in [3.8, 4) is 0 Å². The van der Waals surface area contributed by atoms with Crippen LogP contribution >= 0.6 is 0 Å². The molecular weight excluding hydrogens is 174 g/mol. The van der Waals surface area contributed by atoms with Crippen molar-refractivity contribution >= 4 is 0 Å². The highest BCUT2D eigenvalue weighted by Gasteiger charge is 2.20. The Bertz CT molecular complexity index is 314. The van der Waals surface area contributed by atoms with Gasteiger partial charge >= 0.3 is 0 Å². The smallest absolute Gasteiger partial charge is 0.105 e. The van der Waals surface area contributed by atoms with Crippen molar-refractivity contribution in [3.05, 3.63) is 17.7 Å². The minimum atomic E-state index is 0.324. The van der Waals surface area contributed by atoms with Crippen LogP contribution < -0.4 is 5.73 Å². The van der Waals surface area contributed by atoms with Crippen molar-refractivity contribution in [2.24, 2.45) is 11.7 Å². The fourth-order valence-electron chi connectivity index (χ4n) is 2.38. The molecule has 0 amide bonds. The minimum Gasteiger partial charge on any atom is -0.332 e. The van der Waals surface area contributed by atoms with Crippen LogP contribution in [0.2, 0.25) is 0 Å². The first-order chi connectivity index (χ1) is 6.66. The van der Waals surface area contributed by atoms with Gasteiger partial charge in [-0.15, -0.1) is 0 Å². The topological polar surface area (TPSA) is 43.8 Å². The van der Waals surface area contributed by atoms with Gasteiger partial charge in [0.1, 0.15) is 5.82 Å². The molecule has 78 valence electrons. The highest BCUT2D eigenvalue weighted by Crippen LogP contribution is 2.24. The molecule has 2 rings (SSSR count). The third-order valence-corrected chi connectivity index (χ3v) is 3.09. The summed E-state index contributed by atoms with van der Waals surface area (Å²) in [5.74, 6) is 1.89. The molecule has 14 heavy (non-hydrogen) atoms. The molecule has 1 aliphatic heterocycles. The minimum absolute atomic E-state index is 0.324. The van der Waals surface area contributed by atoms with E-state index in [0.29, 0.717) is 6.04 Å². The summed E-state index contributed by atoms with van der Waals surface area (Å²) in [4.78, 5) is 4.34. The SMILES string of the molecule is Cc1ncc2n1CC(CC(C)N)CC2. The monoisotopic (exact) mass is 193 g/mol. The van der Waals surface area contributed by atoms with Crippen molar-refractivity contribution in [3.63, 3.8) is 0 Å². The van der Waals surface area contributed by atoms with Crippen LogP contribution in [0.25, 0.3) is 0 Å². The van der Waals surface area contributed by atoms with Gasteiger partial charge in [-0.1, -0.05) is 0 Å². The van der Waals surface area contributed by atoms with Gasteiger partial charge in [0.2, 0.25) is 0 Å². The Balaban J connectivity index is 2.08. The van der Waals surface area contributed by atoms with Crippen LogP contribution in [0.15, 0.2) is 6.20 Å². The molecule has 3 nitrogen and oxygen atoms in total. The first kappa shape index (κ1) is 9.71. The van der Waals surface area contributed by atoms with Crippen LogP contribution in [0.3, 0.4) is 0 Å². The van der Waals surface area contributed by atoms with Gasteiger partial charge in [0.05, 0.1) is 0 Å². The van der Waals surface area contributed by atoms with Gasteiger partial charge in [-0.3, -0.25) is 0 Å². The second-order valence-electron chi connectivity index (χ2n) is 4.53. The third-order valence-electron chi connectivity index (χ3n) is 3.09.